The van der Waals surface area contributed by atoms with Crippen LogP contribution < -0.4 is 10.5 Å². The molecule has 0 aromatic heterocycles. The van der Waals surface area contributed by atoms with E-state index in [1.165, 1.54) is 0 Å². The van der Waals surface area contributed by atoms with Crippen LogP contribution in [0.25, 0.3) is 0 Å². The van der Waals surface area contributed by atoms with Crippen molar-refractivity contribution in [1.29, 1.82) is 0 Å². The molecule has 0 aliphatic carbocycles. The van der Waals surface area contributed by atoms with Gasteiger partial charge in [-0.2, -0.15) is 0 Å². The molecule has 1 aromatic carbocycles. The van der Waals surface area contributed by atoms with Crippen molar-refractivity contribution < 1.29 is 9.53 Å². The second kappa shape index (κ2) is 8.82. The Morgan fingerprint density at radius 2 is 2.05 bits per heavy atom. The normalized spacial score (nSPS) is 12.0. The maximum absolute atomic E-state index is 11.9. The minimum atomic E-state index is -0.0490. The third-order valence-corrected chi connectivity index (χ3v) is 3.28. The topological polar surface area (TPSA) is 55.6 Å². The lowest BCUT2D eigenvalue weighted by molar-refractivity contribution is -0.130. The number of amides is 1. The highest BCUT2D eigenvalue weighted by Crippen LogP contribution is 2.15. The van der Waals surface area contributed by atoms with Crippen molar-refractivity contribution in [3.05, 3.63) is 29.3 Å². The molecule has 0 saturated heterocycles. The molecule has 0 radical (unpaired) electrons. The van der Waals surface area contributed by atoms with Crippen molar-refractivity contribution in [1.82, 2.24) is 4.90 Å². The molecule has 1 aromatic rings. The standard InChI is InChI=1S/C15H23ClN2O2/c1-3-4-13(17)11-15(19)18(2)9-10-20-14-7-5-12(16)6-8-14/h5-8,13H,3-4,9-11,17H2,1-2H3. The molecule has 4 nitrogen and oxygen atoms in total. The lowest BCUT2D eigenvalue weighted by Gasteiger charge is -2.19. The van der Waals surface area contributed by atoms with Crippen LogP contribution in [-0.2, 0) is 4.79 Å². The maximum Gasteiger partial charge on any atom is 0.223 e. The predicted molar refractivity (Wildman–Crippen MR) is 82.1 cm³/mol. The molecule has 1 atom stereocenters. The summed E-state index contributed by atoms with van der Waals surface area (Å²) in [6, 6.07) is 7.11. The quantitative estimate of drug-likeness (QED) is 0.803. The molecule has 2 N–H and O–H groups in total. The van der Waals surface area contributed by atoms with E-state index >= 15 is 0 Å². The molecule has 1 amide bonds. The van der Waals surface area contributed by atoms with Gasteiger partial charge in [-0.3, -0.25) is 4.79 Å². The van der Waals surface area contributed by atoms with Crippen molar-refractivity contribution in [2.24, 2.45) is 5.73 Å². The summed E-state index contributed by atoms with van der Waals surface area (Å²) in [5.41, 5.74) is 5.87. The molecule has 1 unspecified atom stereocenters. The molecule has 20 heavy (non-hydrogen) atoms. The highest BCUT2D eigenvalue weighted by atomic mass is 35.5. The van der Waals surface area contributed by atoms with E-state index in [-0.39, 0.29) is 11.9 Å². The van der Waals surface area contributed by atoms with Crippen LogP contribution in [0.15, 0.2) is 24.3 Å². The summed E-state index contributed by atoms with van der Waals surface area (Å²) in [7, 11) is 1.77. The van der Waals surface area contributed by atoms with Gasteiger partial charge in [0.1, 0.15) is 12.4 Å². The Balaban J connectivity index is 2.26. The number of likely N-dealkylation sites (N-methyl/N-ethyl adjacent to an activating group) is 1. The van der Waals surface area contributed by atoms with Gasteiger partial charge in [0.15, 0.2) is 0 Å². The first kappa shape index (κ1) is 16.8. The number of benzene rings is 1. The van der Waals surface area contributed by atoms with Gasteiger partial charge < -0.3 is 15.4 Å². The Kier molecular flexibility index (Phi) is 7.41. The van der Waals surface area contributed by atoms with Gasteiger partial charge >= 0.3 is 0 Å². The first-order valence-corrected chi connectivity index (χ1v) is 7.28. The van der Waals surface area contributed by atoms with Crippen LogP contribution in [0.2, 0.25) is 5.02 Å². The van der Waals surface area contributed by atoms with Crippen LogP contribution in [0, 0.1) is 0 Å². The summed E-state index contributed by atoms with van der Waals surface area (Å²) in [5, 5.41) is 0.676. The average Bonchev–Trinajstić information content (AvgIpc) is 2.41. The number of ether oxygens (including phenoxy) is 1. The smallest absolute Gasteiger partial charge is 0.223 e. The third kappa shape index (κ3) is 6.26. The van der Waals surface area contributed by atoms with Crippen molar-refractivity contribution >= 4 is 17.5 Å². The predicted octanol–water partition coefficient (Wildman–Crippen LogP) is 2.69. The van der Waals surface area contributed by atoms with Gasteiger partial charge in [-0.15, -0.1) is 0 Å². The van der Waals surface area contributed by atoms with Gasteiger partial charge in [0.05, 0.1) is 6.54 Å². The van der Waals surface area contributed by atoms with E-state index in [9.17, 15) is 4.79 Å². The van der Waals surface area contributed by atoms with E-state index in [4.69, 9.17) is 22.1 Å². The van der Waals surface area contributed by atoms with Crippen LogP contribution in [-0.4, -0.2) is 37.0 Å². The number of rotatable bonds is 8. The summed E-state index contributed by atoms with van der Waals surface area (Å²) in [6.45, 7) is 3.06. The molecule has 5 heteroatoms. The zero-order valence-electron chi connectivity index (χ0n) is 12.1. The van der Waals surface area contributed by atoms with Crippen molar-refractivity contribution in [2.45, 2.75) is 32.2 Å². The van der Waals surface area contributed by atoms with Gasteiger partial charge in [0.25, 0.3) is 0 Å². The van der Waals surface area contributed by atoms with Crippen LogP contribution in [0.1, 0.15) is 26.2 Å². The fourth-order valence-electron chi connectivity index (χ4n) is 1.81. The SMILES string of the molecule is CCCC(N)CC(=O)N(C)CCOc1ccc(Cl)cc1. The van der Waals surface area contributed by atoms with Crippen LogP contribution in [0.5, 0.6) is 5.75 Å². The lowest BCUT2D eigenvalue weighted by atomic mass is 10.1. The van der Waals surface area contributed by atoms with Crippen molar-refractivity contribution in [2.75, 3.05) is 20.2 Å². The Labute approximate surface area is 125 Å². The largest absolute Gasteiger partial charge is 0.492 e. The fourth-order valence-corrected chi connectivity index (χ4v) is 1.93. The molecule has 0 heterocycles. The number of hydrogen-bond donors (Lipinski definition) is 1. The van der Waals surface area contributed by atoms with E-state index in [1.807, 2.05) is 0 Å². The van der Waals surface area contributed by atoms with E-state index in [0.717, 1.165) is 18.6 Å². The summed E-state index contributed by atoms with van der Waals surface area (Å²) in [5.74, 6) is 0.809. The summed E-state index contributed by atoms with van der Waals surface area (Å²) >= 11 is 5.79. The highest BCUT2D eigenvalue weighted by molar-refractivity contribution is 6.30. The lowest BCUT2D eigenvalue weighted by Crippen LogP contribution is -2.35. The highest BCUT2D eigenvalue weighted by Gasteiger charge is 2.13. The number of carbonyl (C=O) groups excluding carboxylic acids is 1. The Morgan fingerprint density at radius 3 is 2.65 bits per heavy atom. The van der Waals surface area contributed by atoms with Gasteiger partial charge in [0, 0.05) is 24.5 Å². The monoisotopic (exact) mass is 298 g/mol. The summed E-state index contributed by atoms with van der Waals surface area (Å²) in [6.07, 6.45) is 2.27. The van der Waals surface area contributed by atoms with Crippen LogP contribution in [0.3, 0.4) is 0 Å². The molecule has 0 bridgehead atoms. The first-order chi connectivity index (χ1) is 9.52. The summed E-state index contributed by atoms with van der Waals surface area (Å²) in [4.78, 5) is 13.5. The van der Waals surface area contributed by atoms with E-state index in [2.05, 4.69) is 6.92 Å². The Hall–Kier alpha value is -1.26. The van der Waals surface area contributed by atoms with Gasteiger partial charge in [-0.05, 0) is 30.7 Å². The fraction of sp³-hybridized carbons (Fsp3) is 0.533. The molecule has 0 spiro atoms. The molecule has 112 valence electrons. The molecule has 0 saturated carbocycles. The molecule has 1 rings (SSSR count). The second-order valence-electron chi connectivity index (χ2n) is 4.87. The van der Waals surface area contributed by atoms with Crippen molar-refractivity contribution in [3.63, 3.8) is 0 Å². The Morgan fingerprint density at radius 1 is 1.40 bits per heavy atom. The number of carbonyl (C=O) groups is 1. The number of halogens is 1. The third-order valence-electron chi connectivity index (χ3n) is 3.03. The summed E-state index contributed by atoms with van der Waals surface area (Å²) < 4.78 is 5.55. The Bertz CT molecular complexity index is 409. The molecule has 0 aliphatic heterocycles. The zero-order chi connectivity index (χ0) is 15.0. The van der Waals surface area contributed by atoms with Gasteiger partial charge in [-0.25, -0.2) is 0 Å². The first-order valence-electron chi connectivity index (χ1n) is 6.90. The molecular formula is C15H23ClN2O2. The van der Waals surface area contributed by atoms with Gasteiger partial charge in [0.2, 0.25) is 5.91 Å². The maximum atomic E-state index is 11.9. The zero-order valence-corrected chi connectivity index (χ0v) is 12.9. The molecule has 0 fully saturated rings. The molecule has 0 aliphatic rings. The van der Waals surface area contributed by atoms with Crippen LogP contribution in [0.4, 0.5) is 0 Å². The minimum absolute atomic E-state index is 0.0490. The number of hydrogen-bond acceptors (Lipinski definition) is 3. The molecular weight excluding hydrogens is 276 g/mol. The number of nitrogens with zero attached hydrogens (tertiary/aromatic N) is 1. The van der Waals surface area contributed by atoms with E-state index in [0.29, 0.717) is 24.6 Å². The van der Waals surface area contributed by atoms with Gasteiger partial charge in [-0.1, -0.05) is 24.9 Å². The van der Waals surface area contributed by atoms with E-state index < -0.39 is 0 Å². The number of nitrogens with two attached hydrogens (primary N) is 1. The van der Waals surface area contributed by atoms with Crippen molar-refractivity contribution in [3.8, 4) is 5.75 Å². The minimum Gasteiger partial charge on any atom is -0.492 e. The second-order valence-corrected chi connectivity index (χ2v) is 5.31. The van der Waals surface area contributed by atoms with Crippen LogP contribution >= 0.6 is 11.6 Å². The average molecular weight is 299 g/mol. The van der Waals surface area contributed by atoms with E-state index in [1.54, 1.807) is 36.2 Å².